The quantitative estimate of drug-likeness (QED) is 0.819. The van der Waals surface area contributed by atoms with Crippen molar-refractivity contribution in [1.29, 1.82) is 0 Å². The Morgan fingerprint density at radius 3 is 3.06 bits per heavy atom. The van der Waals surface area contributed by atoms with Gasteiger partial charge in [-0.15, -0.1) is 0 Å². The molecule has 0 aromatic carbocycles. The van der Waals surface area contributed by atoms with Gasteiger partial charge in [-0.1, -0.05) is 0 Å². The van der Waals surface area contributed by atoms with Crippen LogP contribution in [0.5, 0.6) is 0 Å². The second kappa shape index (κ2) is 5.82. The molecule has 1 aromatic rings. The Kier molecular flexibility index (Phi) is 4.14. The SMILES string of the molecule is CCNc1cc(N2CCCNCC2)nc(C)n1. The standard InChI is InChI=1S/C12H21N5/c1-3-14-11-9-12(16-10(2)15-11)17-7-4-5-13-6-8-17/h9,13H,3-8H2,1-2H3,(H,14,15,16). The summed E-state index contributed by atoms with van der Waals surface area (Å²) >= 11 is 0. The Morgan fingerprint density at radius 1 is 1.35 bits per heavy atom. The van der Waals surface area contributed by atoms with Crippen LogP contribution in [0.3, 0.4) is 0 Å². The van der Waals surface area contributed by atoms with E-state index in [4.69, 9.17) is 0 Å². The number of nitrogens with zero attached hydrogens (tertiary/aromatic N) is 3. The second-order valence-corrected chi connectivity index (χ2v) is 4.28. The highest BCUT2D eigenvalue weighted by molar-refractivity contribution is 5.49. The van der Waals surface area contributed by atoms with Crippen LogP contribution in [0.15, 0.2) is 6.07 Å². The zero-order valence-electron chi connectivity index (χ0n) is 10.7. The number of hydrogen-bond donors (Lipinski definition) is 2. The molecule has 2 rings (SSSR count). The van der Waals surface area contributed by atoms with E-state index >= 15 is 0 Å². The molecule has 5 nitrogen and oxygen atoms in total. The first kappa shape index (κ1) is 12.1. The predicted molar refractivity (Wildman–Crippen MR) is 70.6 cm³/mol. The molecule has 1 fully saturated rings. The molecule has 2 heterocycles. The van der Waals surface area contributed by atoms with E-state index in [0.717, 1.165) is 50.2 Å². The normalized spacial score (nSPS) is 16.7. The molecule has 0 bridgehead atoms. The van der Waals surface area contributed by atoms with Gasteiger partial charge >= 0.3 is 0 Å². The van der Waals surface area contributed by atoms with Crippen LogP contribution >= 0.6 is 0 Å². The lowest BCUT2D eigenvalue weighted by molar-refractivity contribution is 0.724. The van der Waals surface area contributed by atoms with Gasteiger partial charge in [0.2, 0.25) is 0 Å². The van der Waals surface area contributed by atoms with Crippen molar-refractivity contribution in [3.63, 3.8) is 0 Å². The molecule has 0 atom stereocenters. The lowest BCUT2D eigenvalue weighted by Gasteiger charge is -2.21. The van der Waals surface area contributed by atoms with Gasteiger partial charge in [0, 0.05) is 32.2 Å². The molecule has 0 radical (unpaired) electrons. The van der Waals surface area contributed by atoms with Crippen LogP contribution in [0.25, 0.3) is 0 Å². The maximum Gasteiger partial charge on any atom is 0.134 e. The van der Waals surface area contributed by atoms with E-state index < -0.39 is 0 Å². The predicted octanol–water partition coefficient (Wildman–Crippen LogP) is 1.02. The van der Waals surface area contributed by atoms with Crippen molar-refractivity contribution in [2.24, 2.45) is 0 Å². The van der Waals surface area contributed by atoms with Gasteiger partial charge in [0.25, 0.3) is 0 Å². The van der Waals surface area contributed by atoms with Gasteiger partial charge in [-0.25, -0.2) is 9.97 Å². The zero-order chi connectivity index (χ0) is 12.1. The first-order valence-corrected chi connectivity index (χ1v) is 6.35. The fraction of sp³-hybridized carbons (Fsp3) is 0.667. The summed E-state index contributed by atoms with van der Waals surface area (Å²) in [4.78, 5) is 11.2. The van der Waals surface area contributed by atoms with Crippen molar-refractivity contribution in [3.8, 4) is 0 Å². The van der Waals surface area contributed by atoms with Crippen molar-refractivity contribution in [2.45, 2.75) is 20.3 Å². The average Bonchev–Trinajstić information content (AvgIpc) is 2.57. The fourth-order valence-electron chi connectivity index (χ4n) is 2.06. The molecule has 5 heteroatoms. The van der Waals surface area contributed by atoms with Gasteiger partial charge < -0.3 is 15.5 Å². The summed E-state index contributed by atoms with van der Waals surface area (Å²) in [6.45, 7) is 9.11. The van der Waals surface area contributed by atoms with Gasteiger partial charge in [0.1, 0.15) is 17.5 Å². The second-order valence-electron chi connectivity index (χ2n) is 4.28. The largest absolute Gasteiger partial charge is 0.370 e. The third-order valence-electron chi connectivity index (χ3n) is 2.85. The van der Waals surface area contributed by atoms with Crippen molar-refractivity contribution in [2.75, 3.05) is 42.9 Å². The molecule has 1 aromatic heterocycles. The molecular formula is C12H21N5. The molecular weight excluding hydrogens is 214 g/mol. The maximum absolute atomic E-state index is 4.53. The molecule has 0 aliphatic carbocycles. The molecule has 1 aliphatic heterocycles. The van der Waals surface area contributed by atoms with Crippen molar-refractivity contribution in [3.05, 3.63) is 11.9 Å². The van der Waals surface area contributed by atoms with E-state index in [1.807, 2.05) is 13.0 Å². The van der Waals surface area contributed by atoms with E-state index in [1.54, 1.807) is 0 Å². The number of nitrogens with one attached hydrogen (secondary N) is 2. The summed E-state index contributed by atoms with van der Waals surface area (Å²) in [6.07, 6.45) is 1.17. The summed E-state index contributed by atoms with van der Waals surface area (Å²) in [5.41, 5.74) is 0. The zero-order valence-corrected chi connectivity index (χ0v) is 10.7. The highest BCUT2D eigenvalue weighted by Crippen LogP contribution is 2.16. The van der Waals surface area contributed by atoms with Crippen LogP contribution in [0.4, 0.5) is 11.6 Å². The Labute approximate surface area is 103 Å². The Morgan fingerprint density at radius 2 is 2.24 bits per heavy atom. The van der Waals surface area contributed by atoms with Crippen molar-refractivity contribution in [1.82, 2.24) is 15.3 Å². The van der Waals surface area contributed by atoms with E-state index in [0.29, 0.717) is 0 Å². The van der Waals surface area contributed by atoms with Crippen LogP contribution in [0.2, 0.25) is 0 Å². The van der Waals surface area contributed by atoms with E-state index in [1.165, 1.54) is 6.42 Å². The molecule has 0 saturated carbocycles. The fourth-order valence-corrected chi connectivity index (χ4v) is 2.06. The summed E-state index contributed by atoms with van der Waals surface area (Å²) in [5.74, 6) is 2.79. The Bertz CT molecular complexity index is 358. The first-order valence-electron chi connectivity index (χ1n) is 6.35. The van der Waals surface area contributed by atoms with Crippen LogP contribution in [-0.2, 0) is 0 Å². The Balaban J connectivity index is 2.17. The van der Waals surface area contributed by atoms with Crippen LogP contribution in [-0.4, -0.2) is 42.7 Å². The third kappa shape index (κ3) is 3.30. The van der Waals surface area contributed by atoms with Crippen LogP contribution < -0.4 is 15.5 Å². The number of hydrogen-bond acceptors (Lipinski definition) is 5. The van der Waals surface area contributed by atoms with Crippen molar-refractivity contribution >= 4 is 11.6 Å². The molecule has 1 saturated heterocycles. The molecule has 1 aliphatic rings. The smallest absolute Gasteiger partial charge is 0.134 e. The van der Waals surface area contributed by atoms with Crippen LogP contribution in [0, 0.1) is 6.92 Å². The highest BCUT2D eigenvalue weighted by Gasteiger charge is 2.12. The molecule has 0 unspecified atom stereocenters. The topological polar surface area (TPSA) is 53.1 Å². The van der Waals surface area contributed by atoms with Crippen LogP contribution in [0.1, 0.15) is 19.2 Å². The van der Waals surface area contributed by atoms with E-state index in [9.17, 15) is 0 Å². The van der Waals surface area contributed by atoms with E-state index in [2.05, 4.69) is 32.4 Å². The Hall–Kier alpha value is -1.36. The summed E-state index contributed by atoms with van der Waals surface area (Å²) in [5, 5.41) is 6.65. The molecule has 94 valence electrons. The summed E-state index contributed by atoms with van der Waals surface area (Å²) in [6, 6.07) is 2.04. The first-order chi connectivity index (χ1) is 8.29. The minimum absolute atomic E-state index is 0.829. The van der Waals surface area contributed by atoms with Gasteiger partial charge in [-0.3, -0.25) is 0 Å². The van der Waals surface area contributed by atoms with E-state index in [-0.39, 0.29) is 0 Å². The summed E-state index contributed by atoms with van der Waals surface area (Å²) in [7, 11) is 0. The van der Waals surface area contributed by atoms with Gasteiger partial charge in [-0.05, 0) is 26.8 Å². The number of rotatable bonds is 3. The third-order valence-corrected chi connectivity index (χ3v) is 2.85. The monoisotopic (exact) mass is 235 g/mol. The lowest BCUT2D eigenvalue weighted by atomic mass is 10.3. The van der Waals surface area contributed by atoms with Crippen molar-refractivity contribution < 1.29 is 0 Å². The lowest BCUT2D eigenvalue weighted by Crippen LogP contribution is -2.29. The number of anilines is 2. The van der Waals surface area contributed by atoms with Gasteiger partial charge in [0.15, 0.2) is 0 Å². The highest BCUT2D eigenvalue weighted by atomic mass is 15.2. The minimum Gasteiger partial charge on any atom is -0.370 e. The molecule has 0 amide bonds. The van der Waals surface area contributed by atoms with Gasteiger partial charge in [0.05, 0.1) is 0 Å². The number of aryl methyl sites for hydroxylation is 1. The van der Waals surface area contributed by atoms with Gasteiger partial charge in [-0.2, -0.15) is 0 Å². The molecule has 2 N–H and O–H groups in total. The number of aromatic nitrogens is 2. The minimum atomic E-state index is 0.829. The average molecular weight is 235 g/mol. The molecule has 0 spiro atoms. The molecule has 17 heavy (non-hydrogen) atoms. The maximum atomic E-state index is 4.53. The summed E-state index contributed by atoms with van der Waals surface area (Å²) < 4.78 is 0.